The van der Waals surface area contributed by atoms with Gasteiger partial charge in [0.1, 0.15) is 5.02 Å². The molecular weight excluding hydrogens is 463 g/mol. The van der Waals surface area contributed by atoms with Gasteiger partial charge in [0.15, 0.2) is 11.5 Å². The fourth-order valence-electron chi connectivity index (χ4n) is 3.84. The maximum absolute atomic E-state index is 12.6. The number of amides is 2. The SMILES string of the molecule is Nc1ccc2c(c1Cl)OC1(CCN(CCNC(=O)c3c(Cl)cccc3Cl)CC1)NC2=O. The zero-order valence-electron chi connectivity index (χ0n) is 16.5. The van der Waals surface area contributed by atoms with E-state index in [2.05, 4.69) is 15.5 Å². The van der Waals surface area contributed by atoms with Gasteiger partial charge in [-0.05, 0) is 24.3 Å². The van der Waals surface area contributed by atoms with Gasteiger partial charge in [0, 0.05) is 39.0 Å². The molecule has 4 rings (SSSR count). The van der Waals surface area contributed by atoms with Gasteiger partial charge < -0.3 is 26.0 Å². The first-order valence-corrected chi connectivity index (χ1v) is 11.0. The van der Waals surface area contributed by atoms with E-state index in [4.69, 9.17) is 45.3 Å². The fraction of sp³-hybridized carbons (Fsp3) is 0.333. The zero-order valence-corrected chi connectivity index (χ0v) is 18.8. The third-order valence-electron chi connectivity index (χ3n) is 5.58. The van der Waals surface area contributed by atoms with Crippen LogP contribution in [0.1, 0.15) is 33.6 Å². The third-order valence-corrected chi connectivity index (χ3v) is 6.60. The van der Waals surface area contributed by atoms with Gasteiger partial charge in [-0.25, -0.2) is 0 Å². The van der Waals surface area contributed by atoms with E-state index >= 15 is 0 Å². The Morgan fingerprint density at radius 3 is 2.52 bits per heavy atom. The van der Waals surface area contributed by atoms with Crippen molar-refractivity contribution >= 4 is 52.3 Å². The molecule has 4 N–H and O–H groups in total. The topological polar surface area (TPSA) is 96.7 Å². The van der Waals surface area contributed by atoms with Crippen LogP contribution in [0.2, 0.25) is 15.1 Å². The molecule has 31 heavy (non-hydrogen) atoms. The number of benzene rings is 2. The average Bonchev–Trinajstić information content (AvgIpc) is 2.73. The lowest BCUT2D eigenvalue weighted by Crippen LogP contribution is -2.61. The maximum atomic E-state index is 12.6. The number of ether oxygens (including phenoxy) is 1. The number of anilines is 1. The van der Waals surface area contributed by atoms with E-state index in [9.17, 15) is 9.59 Å². The summed E-state index contributed by atoms with van der Waals surface area (Å²) < 4.78 is 6.15. The standard InChI is InChI=1S/C21H21Cl3N4O3/c22-13-2-1-3-14(23)16(13)20(30)26-8-11-28-9-6-21(7-10-28)27-19(29)12-4-5-15(25)17(24)18(12)31-21/h1-5H,6-11,25H2,(H,26,30)(H,27,29). The Balaban J connectivity index is 1.33. The van der Waals surface area contributed by atoms with Crippen molar-refractivity contribution in [3.05, 3.63) is 56.5 Å². The smallest absolute Gasteiger partial charge is 0.258 e. The number of piperidine rings is 1. The van der Waals surface area contributed by atoms with Crippen molar-refractivity contribution in [1.82, 2.24) is 15.5 Å². The van der Waals surface area contributed by atoms with E-state index in [1.807, 2.05) is 0 Å². The van der Waals surface area contributed by atoms with Crippen molar-refractivity contribution in [3.63, 3.8) is 0 Å². The quantitative estimate of drug-likeness (QED) is 0.578. The van der Waals surface area contributed by atoms with Crippen molar-refractivity contribution in [2.45, 2.75) is 18.6 Å². The molecule has 2 aromatic rings. The number of hydrogen-bond donors (Lipinski definition) is 3. The minimum absolute atomic E-state index is 0.222. The Bertz CT molecular complexity index is 1020. The highest BCUT2D eigenvalue weighted by molar-refractivity contribution is 6.39. The Kier molecular flexibility index (Phi) is 6.21. The molecule has 2 aliphatic heterocycles. The van der Waals surface area contributed by atoms with Crippen LogP contribution in [0.25, 0.3) is 0 Å². The molecular formula is C21H21Cl3N4O3. The Morgan fingerprint density at radius 1 is 1.16 bits per heavy atom. The fourth-order valence-corrected chi connectivity index (χ4v) is 4.61. The number of carbonyl (C=O) groups excluding carboxylic acids is 2. The van der Waals surface area contributed by atoms with E-state index < -0.39 is 5.72 Å². The van der Waals surface area contributed by atoms with Crippen molar-refractivity contribution < 1.29 is 14.3 Å². The highest BCUT2D eigenvalue weighted by Crippen LogP contribution is 2.40. The molecule has 0 aliphatic carbocycles. The first kappa shape index (κ1) is 22.0. The predicted molar refractivity (Wildman–Crippen MR) is 121 cm³/mol. The summed E-state index contributed by atoms with van der Waals surface area (Å²) in [7, 11) is 0. The lowest BCUT2D eigenvalue weighted by Gasteiger charge is -2.44. The Morgan fingerprint density at radius 2 is 1.84 bits per heavy atom. The number of likely N-dealkylation sites (tertiary alicyclic amines) is 1. The van der Waals surface area contributed by atoms with Crippen LogP contribution in [0.5, 0.6) is 5.75 Å². The molecule has 2 heterocycles. The van der Waals surface area contributed by atoms with E-state index in [0.29, 0.717) is 66.1 Å². The van der Waals surface area contributed by atoms with Gasteiger partial charge in [-0.1, -0.05) is 40.9 Å². The molecule has 0 aromatic heterocycles. The first-order valence-electron chi connectivity index (χ1n) is 9.84. The van der Waals surface area contributed by atoms with E-state index in [-0.39, 0.29) is 22.4 Å². The van der Waals surface area contributed by atoms with Crippen LogP contribution in [0.4, 0.5) is 5.69 Å². The van der Waals surface area contributed by atoms with Gasteiger partial charge in [0.25, 0.3) is 11.8 Å². The lowest BCUT2D eigenvalue weighted by atomic mass is 9.96. The summed E-state index contributed by atoms with van der Waals surface area (Å²) in [4.78, 5) is 27.1. The van der Waals surface area contributed by atoms with Crippen molar-refractivity contribution in [1.29, 1.82) is 0 Å². The Labute approximate surface area is 194 Å². The molecule has 0 unspecified atom stereocenters. The molecule has 2 amide bonds. The molecule has 0 saturated carbocycles. The zero-order chi connectivity index (χ0) is 22.2. The summed E-state index contributed by atoms with van der Waals surface area (Å²) in [5.74, 6) is -0.195. The van der Waals surface area contributed by atoms with Crippen molar-refractivity contribution in [2.75, 3.05) is 31.9 Å². The number of fused-ring (bicyclic) bond motifs is 1. The highest BCUT2D eigenvalue weighted by Gasteiger charge is 2.43. The number of hydrogen-bond acceptors (Lipinski definition) is 5. The molecule has 2 aromatic carbocycles. The largest absolute Gasteiger partial charge is 0.466 e. The van der Waals surface area contributed by atoms with Crippen LogP contribution in [-0.2, 0) is 0 Å². The molecule has 10 heteroatoms. The number of carbonyl (C=O) groups is 2. The highest BCUT2D eigenvalue weighted by atomic mass is 35.5. The van der Waals surface area contributed by atoms with Crippen LogP contribution in [0, 0.1) is 0 Å². The summed E-state index contributed by atoms with van der Waals surface area (Å²) in [5.41, 5.74) is 6.08. The van der Waals surface area contributed by atoms with Gasteiger partial charge in [-0.2, -0.15) is 0 Å². The Hall–Kier alpha value is -2.19. The van der Waals surface area contributed by atoms with Crippen LogP contribution >= 0.6 is 34.8 Å². The molecule has 1 spiro atoms. The third kappa shape index (κ3) is 4.41. The molecule has 7 nitrogen and oxygen atoms in total. The maximum Gasteiger partial charge on any atom is 0.258 e. The van der Waals surface area contributed by atoms with Crippen LogP contribution < -0.4 is 21.1 Å². The van der Waals surface area contributed by atoms with Gasteiger partial charge in [-0.3, -0.25) is 9.59 Å². The molecule has 1 fully saturated rings. The van der Waals surface area contributed by atoms with Crippen LogP contribution in [0.15, 0.2) is 30.3 Å². The van der Waals surface area contributed by atoms with Gasteiger partial charge in [-0.15, -0.1) is 0 Å². The van der Waals surface area contributed by atoms with E-state index in [0.717, 1.165) is 0 Å². The van der Waals surface area contributed by atoms with E-state index in [1.54, 1.807) is 30.3 Å². The summed E-state index contributed by atoms with van der Waals surface area (Å²) in [5, 5.41) is 6.72. The molecule has 2 aliphatic rings. The summed E-state index contributed by atoms with van der Waals surface area (Å²) in [6, 6.07) is 8.15. The van der Waals surface area contributed by atoms with Crippen LogP contribution in [0.3, 0.4) is 0 Å². The number of rotatable bonds is 4. The average molecular weight is 484 g/mol. The minimum atomic E-state index is -0.813. The lowest BCUT2D eigenvalue weighted by molar-refractivity contribution is -0.0284. The second-order valence-corrected chi connectivity index (χ2v) is 8.78. The normalized spacial score (nSPS) is 17.6. The number of nitrogens with two attached hydrogens (primary N) is 1. The number of nitrogens with one attached hydrogen (secondary N) is 2. The van der Waals surface area contributed by atoms with Gasteiger partial charge in [0.05, 0.1) is 26.9 Å². The number of halogens is 3. The van der Waals surface area contributed by atoms with Gasteiger partial charge >= 0.3 is 0 Å². The number of nitrogens with zero attached hydrogens (tertiary/aromatic N) is 1. The summed E-state index contributed by atoms with van der Waals surface area (Å²) in [6.45, 7) is 2.43. The monoisotopic (exact) mass is 482 g/mol. The van der Waals surface area contributed by atoms with Gasteiger partial charge in [0.2, 0.25) is 0 Å². The number of nitrogen functional groups attached to an aromatic ring is 1. The second-order valence-electron chi connectivity index (χ2n) is 7.59. The first-order chi connectivity index (χ1) is 14.8. The molecule has 1 saturated heterocycles. The minimum Gasteiger partial charge on any atom is -0.466 e. The van der Waals surface area contributed by atoms with Crippen LogP contribution in [-0.4, -0.2) is 48.6 Å². The summed E-state index contributed by atoms with van der Waals surface area (Å²) >= 11 is 18.4. The molecule has 164 valence electrons. The molecule has 0 atom stereocenters. The predicted octanol–water partition coefficient (Wildman–Crippen LogP) is 3.57. The van der Waals surface area contributed by atoms with E-state index in [1.165, 1.54) is 0 Å². The van der Waals surface area contributed by atoms with Crippen molar-refractivity contribution in [3.8, 4) is 5.75 Å². The van der Waals surface area contributed by atoms with Crippen molar-refractivity contribution in [2.24, 2.45) is 0 Å². The molecule has 0 bridgehead atoms. The second kappa shape index (κ2) is 8.74. The molecule has 0 radical (unpaired) electrons. The summed E-state index contributed by atoms with van der Waals surface area (Å²) in [6.07, 6.45) is 1.15.